The van der Waals surface area contributed by atoms with E-state index >= 15 is 0 Å². The lowest BCUT2D eigenvalue weighted by atomic mass is 10.1. The highest BCUT2D eigenvalue weighted by Crippen LogP contribution is 2.26. The third-order valence-electron chi connectivity index (χ3n) is 1.79. The van der Waals surface area contributed by atoms with E-state index in [4.69, 9.17) is 22.4 Å². The molecule has 82 valence electrons. The van der Waals surface area contributed by atoms with Gasteiger partial charge in [-0.1, -0.05) is 11.6 Å². The van der Waals surface area contributed by atoms with Crippen LogP contribution in [0.4, 0.5) is 5.69 Å². The van der Waals surface area contributed by atoms with Crippen LogP contribution in [0.5, 0.6) is 5.75 Å². The minimum atomic E-state index is -0.954. The average Bonchev–Trinajstić information content (AvgIpc) is 2.10. The highest BCUT2D eigenvalue weighted by atomic mass is 35.5. The second kappa shape index (κ2) is 4.08. The molecule has 1 aromatic carbocycles. The van der Waals surface area contributed by atoms with E-state index in [1.807, 2.05) is 0 Å². The lowest BCUT2D eigenvalue weighted by Gasteiger charge is -2.17. The van der Waals surface area contributed by atoms with Crippen molar-refractivity contribution >= 4 is 23.2 Å². The van der Waals surface area contributed by atoms with Gasteiger partial charge in [0, 0.05) is 5.69 Å². The zero-order chi connectivity index (χ0) is 11.6. The van der Waals surface area contributed by atoms with Gasteiger partial charge in [0.05, 0.1) is 10.6 Å². The molecule has 0 spiro atoms. The Morgan fingerprint density at radius 3 is 2.60 bits per heavy atom. The monoisotopic (exact) mass is 228 g/mol. The number of benzene rings is 1. The van der Waals surface area contributed by atoms with E-state index in [0.717, 1.165) is 0 Å². The van der Waals surface area contributed by atoms with Crippen LogP contribution >= 0.6 is 11.6 Å². The smallest absolute Gasteiger partial charge is 0.243 e. The molecule has 0 atom stereocenters. The number of phenolic OH excluding ortho intramolecular Hbond substituents is 1. The van der Waals surface area contributed by atoms with Gasteiger partial charge >= 0.3 is 0 Å². The summed E-state index contributed by atoms with van der Waals surface area (Å²) in [7, 11) is 0. The van der Waals surface area contributed by atoms with E-state index in [2.05, 4.69) is 5.32 Å². The van der Waals surface area contributed by atoms with Crippen molar-refractivity contribution in [2.75, 3.05) is 5.32 Å². The molecule has 0 aliphatic heterocycles. The van der Waals surface area contributed by atoms with Crippen molar-refractivity contribution in [1.82, 2.24) is 0 Å². The normalized spacial score (nSPS) is 11.2. The summed E-state index contributed by atoms with van der Waals surface area (Å²) in [6.45, 7) is 3.20. The Bertz CT molecular complexity index is 385. The van der Waals surface area contributed by atoms with Crippen LogP contribution in [-0.2, 0) is 4.79 Å². The summed E-state index contributed by atoms with van der Waals surface area (Å²) in [6, 6.07) is 4.41. The molecule has 4 nitrogen and oxygen atoms in total. The fourth-order valence-electron chi connectivity index (χ4n) is 0.877. The van der Waals surface area contributed by atoms with Gasteiger partial charge in [0.25, 0.3) is 0 Å². The highest BCUT2D eigenvalue weighted by Gasteiger charge is 2.21. The molecule has 0 aromatic heterocycles. The molecule has 0 saturated carbocycles. The number of carbonyl (C=O) groups is 1. The predicted molar refractivity (Wildman–Crippen MR) is 60.0 cm³/mol. The number of nitrogens with two attached hydrogens (primary N) is 1. The lowest BCUT2D eigenvalue weighted by molar-refractivity contribution is -0.120. The molecule has 0 aliphatic carbocycles. The molecule has 1 amide bonds. The molecular formula is C10H13ClN2O2. The molecule has 1 aromatic rings. The van der Waals surface area contributed by atoms with E-state index in [1.165, 1.54) is 12.1 Å². The molecule has 0 heterocycles. The number of nitrogens with one attached hydrogen (secondary N) is 1. The number of halogens is 1. The molecule has 1 rings (SSSR count). The van der Waals surface area contributed by atoms with Crippen LogP contribution in [0.3, 0.4) is 0 Å². The minimum Gasteiger partial charge on any atom is -0.506 e. The molecule has 15 heavy (non-hydrogen) atoms. The fraction of sp³-hybridized carbons (Fsp3) is 0.300. The van der Waals surface area contributed by atoms with Gasteiger partial charge in [-0.2, -0.15) is 0 Å². The summed E-state index contributed by atoms with van der Waals surface area (Å²) in [4.78, 5) is 11.5. The number of hydrogen-bond acceptors (Lipinski definition) is 3. The zero-order valence-electron chi connectivity index (χ0n) is 8.54. The maximum absolute atomic E-state index is 11.5. The molecule has 0 fully saturated rings. The van der Waals surface area contributed by atoms with Gasteiger partial charge in [-0.25, -0.2) is 0 Å². The molecule has 0 unspecified atom stereocenters. The molecule has 4 N–H and O–H groups in total. The van der Waals surface area contributed by atoms with E-state index in [-0.39, 0.29) is 16.7 Å². The Balaban J connectivity index is 2.83. The first-order valence-electron chi connectivity index (χ1n) is 4.39. The molecule has 0 radical (unpaired) electrons. The Morgan fingerprint density at radius 1 is 1.53 bits per heavy atom. The summed E-state index contributed by atoms with van der Waals surface area (Å²) < 4.78 is 0. The third-order valence-corrected chi connectivity index (χ3v) is 2.09. The van der Waals surface area contributed by atoms with Crippen molar-refractivity contribution < 1.29 is 9.90 Å². The Hall–Kier alpha value is -1.26. The highest BCUT2D eigenvalue weighted by molar-refractivity contribution is 6.32. The molecular weight excluding hydrogens is 216 g/mol. The van der Waals surface area contributed by atoms with Crippen molar-refractivity contribution in [3.63, 3.8) is 0 Å². The van der Waals surface area contributed by atoms with Crippen molar-refractivity contribution in [1.29, 1.82) is 0 Å². The number of anilines is 1. The topological polar surface area (TPSA) is 75.4 Å². The van der Waals surface area contributed by atoms with Gasteiger partial charge in [-0.15, -0.1) is 0 Å². The Morgan fingerprint density at radius 2 is 2.13 bits per heavy atom. The second-order valence-electron chi connectivity index (χ2n) is 3.84. The standard InChI is InChI=1S/C10H13ClN2O2/c1-10(2,12)9(15)13-6-3-4-8(14)7(11)5-6/h3-5,14H,12H2,1-2H3,(H,13,15). The molecule has 0 saturated heterocycles. The van der Waals surface area contributed by atoms with Crippen LogP contribution in [-0.4, -0.2) is 16.6 Å². The van der Waals surface area contributed by atoms with Crippen LogP contribution < -0.4 is 11.1 Å². The number of amides is 1. The largest absolute Gasteiger partial charge is 0.506 e. The van der Waals surface area contributed by atoms with Crippen LogP contribution in [0.25, 0.3) is 0 Å². The van der Waals surface area contributed by atoms with E-state index in [1.54, 1.807) is 19.9 Å². The van der Waals surface area contributed by atoms with Crippen molar-refractivity contribution in [2.24, 2.45) is 5.73 Å². The van der Waals surface area contributed by atoms with Gasteiger partial charge in [-0.3, -0.25) is 4.79 Å². The summed E-state index contributed by atoms with van der Waals surface area (Å²) in [5.41, 5.74) is 5.15. The number of hydrogen-bond donors (Lipinski definition) is 3. The Kier molecular flexibility index (Phi) is 3.21. The van der Waals surface area contributed by atoms with Gasteiger partial charge < -0.3 is 16.2 Å². The van der Waals surface area contributed by atoms with Crippen LogP contribution in [0.2, 0.25) is 5.02 Å². The Labute approximate surface area is 93.0 Å². The van der Waals surface area contributed by atoms with Crippen LogP contribution in [0, 0.1) is 0 Å². The predicted octanol–water partition coefficient (Wildman–Crippen LogP) is 1.72. The lowest BCUT2D eigenvalue weighted by Crippen LogP contribution is -2.45. The molecule has 0 bridgehead atoms. The van der Waals surface area contributed by atoms with Crippen LogP contribution in [0.15, 0.2) is 18.2 Å². The van der Waals surface area contributed by atoms with Gasteiger partial charge in [0.2, 0.25) is 5.91 Å². The van der Waals surface area contributed by atoms with Crippen LogP contribution in [0.1, 0.15) is 13.8 Å². The maximum atomic E-state index is 11.5. The minimum absolute atomic E-state index is 0.0262. The quantitative estimate of drug-likeness (QED) is 0.675. The van der Waals surface area contributed by atoms with Crippen molar-refractivity contribution in [3.8, 4) is 5.75 Å². The van der Waals surface area contributed by atoms with Gasteiger partial charge in [0.15, 0.2) is 0 Å². The molecule has 0 aliphatic rings. The number of phenols is 1. The summed E-state index contributed by atoms with van der Waals surface area (Å²) >= 11 is 5.68. The average molecular weight is 229 g/mol. The number of carbonyl (C=O) groups excluding carboxylic acids is 1. The first-order valence-corrected chi connectivity index (χ1v) is 4.77. The van der Waals surface area contributed by atoms with E-state index in [9.17, 15) is 4.79 Å². The molecule has 5 heteroatoms. The third kappa shape index (κ3) is 3.11. The van der Waals surface area contributed by atoms with E-state index in [0.29, 0.717) is 5.69 Å². The zero-order valence-corrected chi connectivity index (χ0v) is 9.30. The second-order valence-corrected chi connectivity index (χ2v) is 4.25. The maximum Gasteiger partial charge on any atom is 0.243 e. The summed E-state index contributed by atoms with van der Waals surface area (Å²) in [5, 5.41) is 11.9. The van der Waals surface area contributed by atoms with Gasteiger partial charge in [-0.05, 0) is 32.0 Å². The van der Waals surface area contributed by atoms with E-state index < -0.39 is 5.54 Å². The van der Waals surface area contributed by atoms with Gasteiger partial charge in [0.1, 0.15) is 5.75 Å². The van der Waals surface area contributed by atoms with Crippen molar-refractivity contribution in [2.45, 2.75) is 19.4 Å². The SMILES string of the molecule is CC(C)(N)C(=O)Nc1ccc(O)c(Cl)c1. The summed E-state index contributed by atoms with van der Waals surface area (Å²) in [6.07, 6.45) is 0. The van der Waals surface area contributed by atoms with Crippen molar-refractivity contribution in [3.05, 3.63) is 23.2 Å². The first-order chi connectivity index (χ1) is 6.80. The fourth-order valence-corrected chi connectivity index (χ4v) is 1.06. The first kappa shape index (κ1) is 11.8. The number of rotatable bonds is 2. The summed E-state index contributed by atoms with van der Waals surface area (Å²) in [5.74, 6) is -0.342. The number of aromatic hydroxyl groups is 1.